The van der Waals surface area contributed by atoms with Crippen LogP contribution in [0.3, 0.4) is 0 Å². The average Bonchev–Trinajstić information content (AvgIpc) is 2.61. The number of nitrogens with two attached hydrogens (primary N) is 1. The number of carbonyl (C=O) groups is 1. The number of hydrogen-bond acceptors (Lipinski definition) is 3. The maximum atomic E-state index is 10.6. The van der Waals surface area contributed by atoms with Gasteiger partial charge in [0.1, 0.15) is 5.54 Å². The molecule has 4 heteroatoms. The number of rotatable bonds is 2. The van der Waals surface area contributed by atoms with E-state index in [-0.39, 0.29) is 5.92 Å². The monoisotopic (exact) mass is 140 g/mol. The molecule has 1 rings (SSSR count). The van der Waals surface area contributed by atoms with Gasteiger partial charge >= 0.3 is 5.91 Å². The fraction of sp³-hybridized carbons (Fsp3) is 0.500. The molecule has 1 amide bonds. The number of amides is 1. The highest BCUT2D eigenvalue weighted by Crippen LogP contribution is 2.42. The third-order valence-electron chi connectivity index (χ3n) is 1.82. The van der Waals surface area contributed by atoms with Crippen molar-refractivity contribution in [3.05, 3.63) is 17.6 Å². The molecule has 10 heavy (non-hydrogen) atoms. The van der Waals surface area contributed by atoms with E-state index in [9.17, 15) is 9.70 Å². The Morgan fingerprint density at radius 3 is 2.80 bits per heavy atom. The second-order valence-corrected chi connectivity index (χ2v) is 2.48. The predicted molar refractivity (Wildman–Crippen MR) is 36.0 cm³/mol. The molecule has 2 atom stereocenters. The van der Waals surface area contributed by atoms with Gasteiger partial charge in [0.25, 0.3) is 0 Å². The molecule has 0 heterocycles. The maximum Gasteiger partial charge on any atom is 0.306 e. The fourth-order valence-electron chi connectivity index (χ4n) is 0.929. The van der Waals surface area contributed by atoms with Crippen LogP contribution in [0.5, 0.6) is 0 Å². The van der Waals surface area contributed by atoms with E-state index in [1.807, 2.05) is 0 Å². The molecule has 0 spiro atoms. The van der Waals surface area contributed by atoms with Crippen molar-refractivity contribution in [1.29, 1.82) is 0 Å². The Bertz CT molecular complexity index is 202. The number of nitrogens with zero attached hydrogens (tertiary/aromatic N) is 1. The Kier molecular flexibility index (Phi) is 1.40. The van der Waals surface area contributed by atoms with Crippen molar-refractivity contribution < 1.29 is 4.79 Å². The minimum atomic E-state index is -1.01. The van der Waals surface area contributed by atoms with Crippen molar-refractivity contribution in [3.8, 4) is 0 Å². The molecule has 0 bridgehead atoms. The summed E-state index contributed by atoms with van der Waals surface area (Å²) in [6.45, 7) is 3.46. The number of hydrogen-bond donors (Lipinski definition) is 1. The van der Waals surface area contributed by atoms with Crippen molar-refractivity contribution in [3.63, 3.8) is 0 Å². The van der Waals surface area contributed by atoms with E-state index in [2.05, 4.69) is 11.8 Å². The SMILES string of the molecule is C=CC1CC1(N)C(=O)N=O. The van der Waals surface area contributed by atoms with Gasteiger partial charge in [-0.2, -0.15) is 0 Å². The van der Waals surface area contributed by atoms with Gasteiger partial charge in [-0.3, -0.25) is 4.79 Å². The summed E-state index contributed by atoms with van der Waals surface area (Å²) in [5, 5.41) is 2.26. The van der Waals surface area contributed by atoms with Gasteiger partial charge in [0.15, 0.2) is 0 Å². The minimum absolute atomic E-state index is 0.0577. The van der Waals surface area contributed by atoms with Crippen molar-refractivity contribution in [1.82, 2.24) is 0 Å². The summed E-state index contributed by atoms with van der Waals surface area (Å²) in [6.07, 6.45) is 2.07. The minimum Gasteiger partial charge on any atom is -0.317 e. The average molecular weight is 140 g/mol. The summed E-state index contributed by atoms with van der Waals surface area (Å²) in [4.78, 5) is 20.4. The zero-order valence-corrected chi connectivity index (χ0v) is 5.41. The summed E-state index contributed by atoms with van der Waals surface area (Å²) in [5.41, 5.74) is 4.43. The van der Waals surface area contributed by atoms with Crippen LogP contribution in [0.15, 0.2) is 17.8 Å². The second kappa shape index (κ2) is 1.98. The van der Waals surface area contributed by atoms with Crippen LogP contribution in [-0.4, -0.2) is 11.4 Å². The lowest BCUT2D eigenvalue weighted by molar-refractivity contribution is -0.120. The Hall–Kier alpha value is -1.03. The zero-order chi connectivity index (χ0) is 7.78. The van der Waals surface area contributed by atoms with Gasteiger partial charge in [-0.05, 0) is 6.42 Å². The van der Waals surface area contributed by atoms with Crippen LogP contribution < -0.4 is 5.73 Å². The first-order valence-electron chi connectivity index (χ1n) is 2.94. The van der Waals surface area contributed by atoms with Crippen LogP contribution in [-0.2, 0) is 4.79 Å². The first-order chi connectivity index (χ1) is 4.65. The zero-order valence-electron chi connectivity index (χ0n) is 5.41. The summed E-state index contributed by atoms with van der Waals surface area (Å²) in [7, 11) is 0. The Morgan fingerprint density at radius 1 is 1.90 bits per heavy atom. The fourth-order valence-corrected chi connectivity index (χ4v) is 0.929. The molecule has 0 aliphatic heterocycles. The Balaban J connectivity index is 2.66. The molecule has 0 aromatic heterocycles. The highest BCUT2D eigenvalue weighted by Gasteiger charge is 2.56. The third kappa shape index (κ3) is 0.769. The van der Waals surface area contributed by atoms with Crippen molar-refractivity contribution in [2.24, 2.45) is 16.8 Å². The topological polar surface area (TPSA) is 72.5 Å². The van der Waals surface area contributed by atoms with Gasteiger partial charge in [0.2, 0.25) is 0 Å². The molecule has 0 saturated heterocycles. The van der Waals surface area contributed by atoms with Crippen LogP contribution in [0.1, 0.15) is 6.42 Å². The standard InChI is InChI=1S/C6H8N2O2/c1-2-4-3-6(4,7)5(9)8-10/h2,4H,1,3,7H2. The molecule has 4 nitrogen and oxygen atoms in total. The molecule has 1 fully saturated rings. The van der Waals surface area contributed by atoms with Gasteiger partial charge in [-0.1, -0.05) is 6.08 Å². The van der Waals surface area contributed by atoms with E-state index in [1.165, 1.54) is 0 Å². The number of nitroso groups, excluding NO2 is 1. The van der Waals surface area contributed by atoms with Crippen LogP contribution >= 0.6 is 0 Å². The molecule has 0 aromatic rings. The lowest BCUT2D eigenvalue weighted by Crippen LogP contribution is -2.33. The van der Waals surface area contributed by atoms with Crippen molar-refractivity contribution in [2.45, 2.75) is 12.0 Å². The first kappa shape index (κ1) is 7.08. The highest BCUT2D eigenvalue weighted by atomic mass is 16.3. The predicted octanol–water partition coefficient (Wildman–Crippen LogP) is 0.183. The van der Waals surface area contributed by atoms with Crippen LogP contribution in [0, 0.1) is 10.8 Å². The summed E-state index contributed by atoms with van der Waals surface area (Å²) in [5.74, 6) is -0.824. The molecule has 1 aliphatic rings. The summed E-state index contributed by atoms with van der Waals surface area (Å²) < 4.78 is 0. The molecule has 0 aromatic carbocycles. The van der Waals surface area contributed by atoms with Gasteiger partial charge in [0, 0.05) is 11.1 Å². The van der Waals surface area contributed by atoms with Gasteiger partial charge < -0.3 is 5.73 Å². The van der Waals surface area contributed by atoms with E-state index < -0.39 is 11.4 Å². The van der Waals surface area contributed by atoms with Crippen LogP contribution in [0.2, 0.25) is 0 Å². The first-order valence-corrected chi connectivity index (χ1v) is 2.94. The van der Waals surface area contributed by atoms with E-state index in [4.69, 9.17) is 5.73 Å². The quantitative estimate of drug-likeness (QED) is 0.439. The molecule has 2 N–H and O–H groups in total. The molecular weight excluding hydrogens is 132 g/mol. The third-order valence-corrected chi connectivity index (χ3v) is 1.82. The maximum absolute atomic E-state index is 10.6. The van der Waals surface area contributed by atoms with Gasteiger partial charge in [-0.25, -0.2) is 0 Å². The summed E-state index contributed by atoms with van der Waals surface area (Å²) in [6, 6.07) is 0. The Morgan fingerprint density at radius 2 is 2.50 bits per heavy atom. The van der Waals surface area contributed by atoms with Gasteiger partial charge in [0.05, 0.1) is 0 Å². The molecule has 0 radical (unpaired) electrons. The van der Waals surface area contributed by atoms with Crippen molar-refractivity contribution >= 4 is 5.91 Å². The largest absolute Gasteiger partial charge is 0.317 e. The van der Waals surface area contributed by atoms with E-state index in [0.29, 0.717) is 6.42 Å². The van der Waals surface area contributed by atoms with Crippen LogP contribution in [0.4, 0.5) is 0 Å². The molecule has 1 saturated carbocycles. The highest BCUT2D eigenvalue weighted by molar-refractivity contribution is 5.90. The van der Waals surface area contributed by atoms with E-state index >= 15 is 0 Å². The lowest BCUT2D eigenvalue weighted by Gasteiger charge is -1.98. The van der Waals surface area contributed by atoms with E-state index in [1.54, 1.807) is 6.08 Å². The summed E-state index contributed by atoms with van der Waals surface area (Å²) >= 11 is 0. The normalized spacial score (nSPS) is 36.7. The van der Waals surface area contributed by atoms with Gasteiger partial charge in [-0.15, -0.1) is 11.5 Å². The Labute approximate surface area is 58.1 Å². The molecule has 2 unspecified atom stereocenters. The smallest absolute Gasteiger partial charge is 0.306 e. The molecule has 54 valence electrons. The number of carbonyl (C=O) groups excluding carboxylic acids is 1. The van der Waals surface area contributed by atoms with Crippen LogP contribution in [0.25, 0.3) is 0 Å². The van der Waals surface area contributed by atoms with Crippen molar-refractivity contribution in [2.75, 3.05) is 0 Å². The molecule has 1 aliphatic carbocycles. The molecular formula is C6H8N2O2. The van der Waals surface area contributed by atoms with E-state index in [0.717, 1.165) is 0 Å². The second-order valence-electron chi connectivity index (χ2n) is 2.48. The lowest BCUT2D eigenvalue weighted by atomic mass is 10.2.